The topological polar surface area (TPSA) is 58.2 Å². The number of ether oxygens (including phenoxy) is 1. The van der Waals surface area contributed by atoms with Crippen molar-refractivity contribution in [2.75, 3.05) is 26.2 Å². The van der Waals surface area contributed by atoms with Gasteiger partial charge < -0.3 is 9.72 Å². The molecule has 0 fully saturated rings. The monoisotopic (exact) mass is 299 g/mol. The molecule has 5 heteroatoms. The summed E-state index contributed by atoms with van der Waals surface area (Å²) in [5, 5.41) is 0. The van der Waals surface area contributed by atoms with Gasteiger partial charge in [0.2, 0.25) is 0 Å². The van der Waals surface area contributed by atoms with Gasteiger partial charge in [-0.05, 0) is 25.5 Å². The van der Waals surface area contributed by atoms with Gasteiger partial charge >= 0.3 is 0 Å². The molecule has 0 aliphatic carbocycles. The molecule has 0 atom stereocenters. The van der Waals surface area contributed by atoms with Crippen molar-refractivity contribution in [2.24, 2.45) is 0 Å². The van der Waals surface area contributed by atoms with Crippen LogP contribution in [0.15, 0.2) is 35.1 Å². The molecular formula is C17H21N3O2. The zero-order valence-corrected chi connectivity index (χ0v) is 12.8. The SMILES string of the molecule is Cc1nc2c(c(=O)[nH]1)CCN(CCOc1ccccc1)CC2. The molecule has 0 bridgehead atoms. The van der Waals surface area contributed by atoms with Crippen LogP contribution in [0.1, 0.15) is 17.1 Å². The zero-order chi connectivity index (χ0) is 15.4. The maximum atomic E-state index is 12.0. The molecule has 2 aromatic rings. The molecule has 0 saturated carbocycles. The van der Waals surface area contributed by atoms with E-state index in [1.165, 1.54) is 0 Å². The number of aryl methyl sites for hydroxylation is 1. The minimum atomic E-state index is 0.0184. The van der Waals surface area contributed by atoms with E-state index in [0.29, 0.717) is 12.4 Å². The third-order valence-corrected chi connectivity index (χ3v) is 3.98. The van der Waals surface area contributed by atoms with Crippen molar-refractivity contribution in [1.29, 1.82) is 0 Å². The van der Waals surface area contributed by atoms with Crippen molar-refractivity contribution in [3.8, 4) is 5.75 Å². The van der Waals surface area contributed by atoms with Gasteiger partial charge in [0.05, 0.1) is 5.69 Å². The van der Waals surface area contributed by atoms with Crippen molar-refractivity contribution >= 4 is 0 Å². The van der Waals surface area contributed by atoms with E-state index >= 15 is 0 Å². The predicted octanol–water partition coefficient (Wildman–Crippen LogP) is 1.56. The first kappa shape index (κ1) is 14.8. The Morgan fingerprint density at radius 3 is 2.82 bits per heavy atom. The van der Waals surface area contributed by atoms with Gasteiger partial charge in [-0.25, -0.2) is 4.98 Å². The summed E-state index contributed by atoms with van der Waals surface area (Å²) in [5.74, 6) is 1.60. The first-order valence-corrected chi connectivity index (χ1v) is 7.71. The Balaban J connectivity index is 1.56. The summed E-state index contributed by atoms with van der Waals surface area (Å²) in [7, 11) is 0. The highest BCUT2D eigenvalue weighted by molar-refractivity contribution is 5.21. The van der Waals surface area contributed by atoms with Gasteiger partial charge in [-0.1, -0.05) is 18.2 Å². The Hall–Kier alpha value is -2.14. The van der Waals surface area contributed by atoms with Crippen molar-refractivity contribution in [3.05, 3.63) is 57.8 Å². The van der Waals surface area contributed by atoms with Gasteiger partial charge in [0, 0.05) is 31.6 Å². The Morgan fingerprint density at radius 2 is 2.00 bits per heavy atom. The lowest BCUT2D eigenvalue weighted by atomic mass is 10.1. The number of hydrogen-bond acceptors (Lipinski definition) is 4. The Labute approximate surface area is 130 Å². The maximum absolute atomic E-state index is 12.0. The number of aromatic amines is 1. The van der Waals surface area contributed by atoms with E-state index in [-0.39, 0.29) is 5.56 Å². The number of rotatable bonds is 4. The Morgan fingerprint density at radius 1 is 1.23 bits per heavy atom. The fraction of sp³-hybridized carbons (Fsp3) is 0.412. The standard InChI is InChI=1S/C17H21N3O2/c1-13-18-16-8-10-20(9-7-15(16)17(21)19-13)11-12-22-14-5-3-2-4-6-14/h2-6H,7-12H2,1H3,(H,18,19,21). The fourth-order valence-corrected chi connectivity index (χ4v) is 2.81. The molecule has 0 amide bonds. The average molecular weight is 299 g/mol. The van der Waals surface area contributed by atoms with Gasteiger partial charge in [0.1, 0.15) is 18.2 Å². The molecule has 0 radical (unpaired) electrons. The predicted molar refractivity (Wildman–Crippen MR) is 85.4 cm³/mol. The van der Waals surface area contributed by atoms with E-state index in [9.17, 15) is 4.79 Å². The molecule has 2 heterocycles. The van der Waals surface area contributed by atoms with Crippen LogP contribution in [-0.2, 0) is 12.8 Å². The van der Waals surface area contributed by atoms with Crippen LogP contribution in [0.3, 0.4) is 0 Å². The van der Waals surface area contributed by atoms with Crippen molar-refractivity contribution < 1.29 is 4.74 Å². The third kappa shape index (κ3) is 3.54. The van der Waals surface area contributed by atoms with Crippen molar-refractivity contribution in [1.82, 2.24) is 14.9 Å². The molecular weight excluding hydrogens is 278 g/mol. The van der Waals surface area contributed by atoms with Crippen LogP contribution in [-0.4, -0.2) is 41.1 Å². The number of aromatic nitrogens is 2. The van der Waals surface area contributed by atoms with Crippen LogP contribution < -0.4 is 10.3 Å². The van der Waals surface area contributed by atoms with Gasteiger partial charge in [0.25, 0.3) is 5.56 Å². The number of nitrogens with zero attached hydrogens (tertiary/aromatic N) is 2. The number of para-hydroxylation sites is 1. The molecule has 1 N–H and O–H groups in total. The number of benzene rings is 1. The van der Waals surface area contributed by atoms with E-state index in [2.05, 4.69) is 14.9 Å². The second-order valence-corrected chi connectivity index (χ2v) is 5.58. The molecule has 0 unspecified atom stereocenters. The summed E-state index contributed by atoms with van der Waals surface area (Å²) < 4.78 is 5.74. The number of hydrogen-bond donors (Lipinski definition) is 1. The summed E-state index contributed by atoms with van der Waals surface area (Å²) in [5.41, 5.74) is 1.81. The average Bonchev–Trinajstić information content (AvgIpc) is 2.71. The lowest BCUT2D eigenvalue weighted by molar-refractivity contribution is 0.215. The molecule has 0 saturated heterocycles. The van der Waals surface area contributed by atoms with E-state index in [4.69, 9.17) is 4.74 Å². The minimum absolute atomic E-state index is 0.0184. The summed E-state index contributed by atoms with van der Waals surface area (Å²) in [6.45, 7) is 5.14. The van der Waals surface area contributed by atoms with Crippen LogP contribution in [0.4, 0.5) is 0 Å². The van der Waals surface area contributed by atoms with Gasteiger partial charge in [0.15, 0.2) is 0 Å². The summed E-state index contributed by atoms with van der Waals surface area (Å²) in [6, 6.07) is 9.84. The first-order chi connectivity index (χ1) is 10.7. The normalized spacial score (nSPS) is 15.1. The van der Waals surface area contributed by atoms with Gasteiger partial charge in [-0.2, -0.15) is 0 Å². The van der Waals surface area contributed by atoms with Gasteiger partial charge in [-0.15, -0.1) is 0 Å². The molecule has 22 heavy (non-hydrogen) atoms. The lowest BCUT2D eigenvalue weighted by Gasteiger charge is -2.19. The Kier molecular flexibility index (Phi) is 4.53. The van der Waals surface area contributed by atoms with Gasteiger partial charge in [-0.3, -0.25) is 9.69 Å². The second-order valence-electron chi connectivity index (χ2n) is 5.58. The summed E-state index contributed by atoms with van der Waals surface area (Å²) >= 11 is 0. The highest BCUT2D eigenvalue weighted by atomic mass is 16.5. The smallest absolute Gasteiger partial charge is 0.254 e. The van der Waals surface area contributed by atoms with Crippen LogP contribution in [0.5, 0.6) is 5.75 Å². The summed E-state index contributed by atoms with van der Waals surface area (Å²) in [6.07, 6.45) is 1.58. The highest BCUT2D eigenvalue weighted by Gasteiger charge is 2.17. The number of nitrogens with one attached hydrogen (secondary N) is 1. The molecule has 5 nitrogen and oxygen atoms in total. The van der Waals surface area contributed by atoms with Crippen LogP contribution in [0, 0.1) is 6.92 Å². The minimum Gasteiger partial charge on any atom is -0.492 e. The lowest BCUT2D eigenvalue weighted by Crippen LogP contribution is -2.31. The molecule has 1 aliphatic heterocycles. The number of fused-ring (bicyclic) bond motifs is 1. The van der Waals surface area contributed by atoms with E-state index in [0.717, 1.165) is 49.5 Å². The fourth-order valence-electron chi connectivity index (χ4n) is 2.81. The zero-order valence-electron chi connectivity index (χ0n) is 12.8. The van der Waals surface area contributed by atoms with Crippen LogP contribution in [0.25, 0.3) is 0 Å². The quantitative estimate of drug-likeness (QED) is 0.931. The van der Waals surface area contributed by atoms with E-state index in [1.807, 2.05) is 37.3 Å². The molecule has 0 spiro atoms. The maximum Gasteiger partial charge on any atom is 0.254 e. The second kappa shape index (κ2) is 6.75. The van der Waals surface area contributed by atoms with Crippen molar-refractivity contribution in [3.63, 3.8) is 0 Å². The largest absolute Gasteiger partial charge is 0.492 e. The number of H-pyrrole nitrogens is 1. The Bertz CT molecular complexity index is 682. The van der Waals surface area contributed by atoms with Crippen LogP contribution >= 0.6 is 0 Å². The highest BCUT2D eigenvalue weighted by Crippen LogP contribution is 2.11. The molecule has 1 aromatic carbocycles. The molecule has 3 rings (SSSR count). The summed E-state index contributed by atoms with van der Waals surface area (Å²) in [4.78, 5) is 21.6. The molecule has 116 valence electrons. The van der Waals surface area contributed by atoms with E-state index < -0.39 is 0 Å². The third-order valence-electron chi connectivity index (χ3n) is 3.98. The first-order valence-electron chi connectivity index (χ1n) is 7.71. The molecule has 1 aromatic heterocycles. The van der Waals surface area contributed by atoms with E-state index in [1.54, 1.807) is 0 Å². The molecule has 1 aliphatic rings. The van der Waals surface area contributed by atoms with Crippen molar-refractivity contribution in [2.45, 2.75) is 19.8 Å². The van der Waals surface area contributed by atoms with Crippen LogP contribution in [0.2, 0.25) is 0 Å².